The zero-order valence-electron chi connectivity index (χ0n) is 17.1. The van der Waals surface area contributed by atoms with Crippen LogP contribution in [0.3, 0.4) is 0 Å². The van der Waals surface area contributed by atoms with Gasteiger partial charge in [-0.05, 0) is 42.9 Å². The average Bonchev–Trinajstić information content (AvgIpc) is 2.76. The van der Waals surface area contributed by atoms with Crippen molar-refractivity contribution in [2.75, 3.05) is 6.61 Å². The molecule has 0 aromatic heterocycles. The van der Waals surface area contributed by atoms with Crippen molar-refractivity contribution in [2.45, 2.75) is 45.4 Å². The lowest BCUT2D eigenvalue weighted by Crippen LogP contribution is -2.12. The van der Waals surface area contributed by atoms with Crippen molar-refractivity contribution in [1.82, 2.24) is 0 Å². The van der Waals surface area contributed by atoms with E-state index in [9.17, 15) is 13.2 Å². The fraction of sp³-hybridized carbons (Fsp3) is 0.360. The van der Waals surface area contributed by atoms with Crippen molar-refractivity contribution < 1.29 is 22.6 Å². The van der Waals surface area contributed by atoms with E-state index in [1.54, 1.807) is 12.1 Å². The quantitative estimate of drug-likeness (QED) is 0.393. The Bertz CT molecular complexity index is 1010. The Labute approximate surface area is 175 Å². The first-order valence-electron chi connectivity index (χ1n) is 10.5. The summed E-state index contributed by atoms with van der Waals surface area (Å²) in [5.41, 5.74) is 2.22. The van der Waals surface area contributed by atoms with Gasteiger partial charge in [-0.25, -0.2) is 4.39 Å². The van der Waals surface area contributed by atoms with Gasteiger partial charge < -0.3 is 9.47 Å². The molecule has 2 aliphatic rings. The van der Waals surface area contributed by atoms with Crippen LogP contribution in [0.25, 0.3) is 5.57 Å². The van der Waals surface area contributed by atoms with Gasteiger partial charge in [-0.15, -0.1) is 0 Å². The highest BCUT2D eigenvalue weighted by Gasteiger charge is 2.30. The molecule has 2 aromatic rings. The van der Waals surface area contributed by atoms with Gasteiger partial charge in [0.05, 0.1) is 0 Å². The zero-order chi connectivity index (χ0) is 21.3. The van der Waals surface area contributed by atoms with Gasteiger partial charge in [0, 0.05) is 23.1 Å². The fourth-order valence-electron chi connectivity index (χ4n) is 4.34. The SMILES string of the molecule is C=CCOc1ccc2c(c1F)Oc1c(cc(C3=CCC(CCC)CC3)c(F)c1F)C2. The predicted octanol–water partition coefficient (Wildman–Crippen LogP) is 7.35. The van der Waals surface area contributed by atoms with Crippen molar-refractivity contribution in [2.24, 2.45) is 5.92 Å². The van der Waals surface area contributed by atoms with E-state index in [1.807, 2.05) is 6.08 Å². The van der Waals surface area contributed by atoms with Crippen LogP contribution >= 0.6 is 0 Å². The molecule has 1 aliphatic heterocycles. The van der Waals surface area contributed by atoms with E-state index in [0.29, 0.717) is 22.6 Å². The van der Waals surface area contributed by atoms with Crippen LogP contribution in [0.5, 0.6) is 17.2 Å². The number of hydrogen-bond donors (Lipinski definition) is 0. The standard InChI is InChI=1S/C25H25F3O2/c1-3-5-15-6-8-16(9-7-15)19-14-18-13-17-10-11-20(29-12-4-2)22(27)24(17)30-25(18)23(28)21(19)26/h4,8,10-11,14-15H,2-3,5-7,9,12-13H2,1H3. The smallest absolute Gasteiger partial charge is 0.207 e. The number of hydrogen-bond acceptors (Lipinski definition) is 2. The molecule has 1 aliphatic carbocycles. The minimum Gasteiger partial charge on any atom is -0.486 e. The van der Waals surface area contributed by atoms with Gasteiger partial charge in [0.15, 0.2) is 23.1 Å². The van der Waals surface area contributed by atoms with Gasteiger partial charge in [-0.1, -0.05) is 44.6 Å². The van der Waals surface area contributed by atoms with Crippen LogP contribution in [0.2, 0.25) is 0 Å². The molecule has 4 rings (SSSR count). The summed E-state index contributed by atoms with van der Waals surface area (Å²) in [6.45, 7) is 5.82. The summed E-state index contributed by atoms with van der Waals surface area (Å²) >= 11 is 0. The minimum atomic E-state index is -1.07. The average molecular weight is 414 g/mol. The van der Waals surface area contributed by atoms with E-state index in [1.165, 1.54) is 12.1 Å². The van der Waals surface area contributed by atoms with Crippen molar-refractivity contribution in [3.05, 3.63) is 71.1 Å². The maximum absolute atomic E-state index is 14.9. The normalized spacial score (nSPS) is 17.5. The molecule has 0 spiro atoms. The Kier molecular flexibility index (Phi) is 5.89. The highest BCUT2D eigenvalue weighted by Crippen LogP contribution is 2.45. The molecule has 2 aromatic carbocycles. The Morgan fingerprint density at radius 1 is 1.13 bits per heavy atom. The molecule has 0 amide bonds. The van der Waals surface area contributed by atoms with E-state index < -0.39 is 17.5 Å². The summed E-state index contributed by atoms with van der Waals surface area (Å²) in [7, 11) is 0. The third-order valence-electron chi connectivity index (χ3n) is 5.89. The van der Waals surface area contributed by atoms with Gasteiger partial charge in [0.2, 0.25) is 11.6 Å². The Hall–Kier alpha value is -2.69. The fourth-order valence-corrected chi connectivity index (χ4v) is 4.34. The largest absolute Gasteiger partial charge is 0.486 e. The van der Waals surface area contributed by atoms with Gasteiger partial charge in [-0.2, -0.15) is 8.78 Å². The van der Waals surface area contributed by atoms with Crippen molar-refractivity contribution in [1.29, 1.82) is 0 Å². The molecule has 0 bridgehead atoms. The van der Waals surface area contributed by atoms with E-state index in [4.69, 9.17) is 9.47 Å². The number of fused-ring (bicyclic) bond motifs is 2. The van der Waals surface area contributed by atoms with E-state index in [0.717, 1.165) is 37.7 Å². The summed E-state index contributed by atoms with van der Waals surface area (Å²) < 4.78 is 55.4. The molecule has 0 saturated heterocycles. The molecule has 0 radical (unpaired) electrons. The third kappa shape index (κ3) is 3.73. The molecule has 2 nitrogen and oxygen atoms in total. The number of allylic oxidation sites excluding steroid dienone is 2. The molecule has 0 fully saturated rings. The van der Waals surface area contributed by atoms with E-state index >= 15 is 0 Å². The van der Waals surface area contributed by atoms with Crippen LogP contribution in [0.4, 0.5) is 13.2 Å². The molecule has 5 heteroatoms. The lowest BCUT2D eigenvalue weighted by atomic mass is 9.83. The van der Waals surface area contributed by atoms with Crippen LogP contribution in [-0.2, 0) is 6.42 Å². The van der Waals surface area contributed by atoms with Crippen LogP contribution < -0.4 is 9.47 Å². The number of benzene rings is 2. The third-order valence-corrected chi connectivity index (χ3v) is 5.89. The molecule has 0 N–H and O–H groups in total. The molecule has 30 heavy (non-hydrogen) atoms. The van der Waals surface area contributed by atoms with Gasteiger partial charge >= 0.3 is 0 Å². The second-order valence-corrected chi connectivity index (χ2v) is 7.94. The highest BCUT2D eigenvalue weighted by molar-refractivity contribution is 5.69. The van der Waals surface area contributed by atoms with Gasteiger partial charge in [0.25, 0.3) is 0 Å². The van der Waals surface area contributed by atoms with Crippen LogP contribution in [0, 0.1) is 23.4 Å². The molecular weight excluding hydrogens is 389 g/mol. The molecule has 158 valence electrons. The Morgan fingerprint density at radius 2 is 1.93 bits per heavy atom. The van der Waals surface area contributed by atoms with Crippen molar-refractivity contribution in [3.8, 4) is 17.2 Å². The lowest BCUT2D eigenvalue weighted by molar-refractivity contribution is 0.325. The molecule has 1 unspecified atom stereocenters. The predicted molar refractivity (Wildman–Crippen MR) is 112 cm³/mol. The van der Waals surface area contributed by atoms with Crippen molar-refractivity contribution in [3.63, 3.8) is 0 Å². The molecule has 0 saturated carbocycles. The van der Waals surface area contributed by atoms with Crippen LogP contribution in [-0.4, -0.2) is 6.61 Å². The van der Waals surface area contributed by atoms with E-state index in [-0.39, 0.29) is 30.3 Å². The zero-order valence-corrected chi connectivity index (χ0v) is 17.1. The number of ether oxygens (including phenoxy) is 2. The highest BCUT2D eigenvalue weighted by atomic mass is 19.2. The Balaban J connectivity index is 1.67. The number of rotatable bonds is 6. The maximum atomic E-state index is 14.9. The van der Waals surface area contributed by atoms with Gasteiger partial charge in [0.1, 0.15) is 6.61 Å². The van der Waals surface area contributed by atoms with Crippen LogP contribution in [0.15, 0.2) is 36.9 Å². The summed E-state index contributed by atoms with van der Waals surface area (Å²) in [5, 5.41) is 0. The number of halogens is 3. The van der Waals surface area contributed by atoms with Gasteiger partial charge in [-0.3, -0.25) is 0 Å². The minimum absolute atomic E-state index is 0.0106. The lowest BCUT2D eigenvalue weighted by Gasteiger charge is -2.25. The first-order valence-corrected chi connectivity index (χ1v) is 10.5. The summed E-state index contributed by atoms with van der Waals surface area (Å²) in [6, 6.07) is 4.86. The second kappa shape index (κ2) is 8.58. The maximum Gasteiger partial charge on any atom is 0.207 e. The molecule has 1 atom stereocenters. The summed E-state index contributed by atoms with van der Waals surface area (Å²) in [4.78, 5) is 0. The monoisotopic (exact) mass is 414 g/mol. The summed E-state index contributed by atoms with van der Waals surface area (Å²) in [6.07, 6.45) is 8.68. The van der Waals surface area contributed by atoms with Crippen molar-refractivity contribution >= 4 is 5.57 Å². The van der Waals surface area contributed by atoms with E-state index in [2.05, 4.69) is 13.5 Å². The topological polar surface area (TPSA) is 18.5 Å². The molecule has 1 heterocycles. The second-order valence-electron chi connectivity index (χ2n) is 7.94. The first-order chi connectivity index (χ1) is 14.5. The van der Waals surface area contributed by atoms with Crippen LogP contribution in [0.1, 0.15) is 55.7 Å². The Morgan fingerprint density at radius 3 is 2.63 bits per heavy atom. The molecular formula is C25H25F3O2. The first kappa shape index (κ1) is 20.6. The summed E-state index contributed by atoms with van der Waals surface area (Å²) in [5.74, 6) is -2.49.